The van der Waals surface area contributed by atoms with E-state index < -0.39 is 0 Å². The molecule has 0 aromatic carbocycles. The first kappa shape index (κ1) is 15.7. The number of hydrogen-bond donors (Lipinski definition) is 1. The number of nitrogens with zero attached hydrogens (tertiary/aromatic N) is 3. The maximum absolute atomic E-state index is 4.72. The molecule has 114 valence electrons. The van der Waals surface area contributed by atoms with Gasteiger partial charge in [0, 0.05) is 24.0 Å². The van der Waals surface area contributed by atoms with Gasteiger partial charge >= 0.3 is 0 Å². The molecule has 0 spiro atoms. The molecule has 2 aromatic rings. The number of nitrogens with one attached hydrogen (secondary N) is 1. The second kappa shape index (κ2) is 6.39. The number of aryl methyl sites for hydroxylation is 2. The van der Waals surface area contributed by atoms with Crippen LogP contribution in [0, 0.1) is 0 Å². The molecule has 0 saturated carbocycles. The quantitative estimate of drug-likeness (QED) is 0.917. The smallest absolute Gasteiger partial charge is 0.0876 e. The zero-order valence-corrected chi connectivity index (χ0v) is 13.8. The second-order valence-corrected chi connectivity index (χ2v) is 6.35. The van der Waals surface area contributed by atoms with Crippen molar-refractivity contribution in [3.8, 4) is 5.69 Å². The maximum atomic E-state index is 4.72. The summed E-state index contributed by atoms with van der Waals surface area (Å²) in [7, 11) is 0. The van der Waals surface area contributed by atoms with Gasteiger partial charge in [-0.1, -0.05) is 13.8 Å². The second-order valence-electron chi connectivity index (χ2n) is 6.35. The minimum absolute atomic E-state index is 0.0901. The molecule has 4 heteroatoms. The van der Waals surface area contributed by atoms with Crippen molar-refractivity contribution in [3.63, 3.8) is 0 Å². The minimum Gasteiger partial charge on any atom is -0.308 e. The van der Waals surface area contributed by atoms with Crippen LogP contribution in [0.4, 0.5) is 0 Å². The average molecular weight is 286 g/mol. The van der Waals surface area contributed by atoms with Crippen LogP contribution in [0.3, 0.4) is 0 Å². The van der Waals surface area contributed by atoms with Gasteiger partial charge in [0.05, 0.1) is 17.6 Å². The Kier molecular flexibility index (Phi) is 4.78. The summed E-state index contributed by atoms with van der Waals surface area (Å²) >= 11 is 0. The third kappa shape index (κ3) is 3.91. The fourth-order valence-electron chi connectivity index (χ4n) is 2.22. The fourth-order valence-corrected chi connectivity index (χ4v) is 2.22. The van der Waals surface area contributed by atoms with E-state index in [0.29, 0.717) is 0 Å². The molecule has 2 heterocycles. The summed E-state index contributed by atoms with van der Waals surface area (Å²) in [4.78, 5) is 4.29. The van der Waals surface area contributed by atoms with Crippen molar-refractivity contribution in [1.29, 1.82) is 0 Å². The van der Waals surface area contributed by atoms with Crippen molar-refractivity contribution >= 4 is 0 Å². The summed E-state index contributed by atoms with van der Waals surface area (Å²) in [6, 6.07) is 4.26. The zero-order valence-electron chi connectivity index (χ0n) is 13.8. The molecule has 0 amide bonds. The molecule has 0 aliphatic rings. The van der Waals surface area contributed by atoms with Crippen molar-refractivity contribution < 1.29 is 0 Å². The largest absolute Gasteiger partial charge is 0.308 e. The van der Waals surface area contributed by atoms with Crippen LogP contribution in [0.5, 0.6) is 0 Å². The van der Waals surface area contributed by atoms with Crippen molar-refractivity contribution in [3.05, 3.63) is 41.5 Å². The summed E-state index contributed by atoms with van der Waals surface area (Å²) in [5.41, 5.74) is 4.75. The highest BCUT2D eigenvalue weighted by Gasteiger charge is 2.14. The van der Waals surface area contributed by atoms with Gasteiger partial charge in [0.15, 0.2) is 0 Å². The summed E-state index contributed by atoms with van der Waals surface area (Å²) in [6.07, 6.45) is 5.67. The highest BCUT2D eigenvalue weighted by molar-refractivity contribution is 5.39. The van der Waals surface area contributed by atoms with Crippen molar-refractivity contribution in [2.45, 2.75) is 59.5 Å². The van der Waals surface area contributed by atoms with Crippen LogP contribution in [0.15, 0.2) is 24.5 Å². The van der Waals surface area contributed by atoms with Crippen LogP contribution in [0.2, 0.25) is 0 Å². The third-order valence-corrected chi connectivity index (χ3v) is 3.48. The van der Waals surface area contributed by atoms with Gasteiger partial charge in [-0.05, 0) is 51.3 Å². The lowest BCUT2D eigenvalue weighted by molar-refractivity contribution is 0.423. The lowest BCUT2D eigenvalue weighted by atomic mass is 10.1. The standard InChI is InChI=1S/C17H26N4/c1-6-14-10-15(7-2)21(20-14)16-12-18-9-8-13(16)11-19-17(3,4)5/h8-10,12,19H,6-7,11H2,1-5H3. The molecule has 0 unspecified atom stereocenters. The lowest BCUT2D eigenvalue weighted by Crippen LogP contribution is -2.35. The van der Waals surface area contributed by atoms with Crippen molar-refractivity contribution in [2.24, 2.45) is 0 Å². The molecule has 1 N–H and O–H groups in total. The monoisotopic (exact) mass is 286 g/mol. The van der Waals surface area contributed by atoms with E-state index in [1.54, 1.807) is 0 Å². The summed E-state index contributed by atoms with van der Waals surface area (Å²) in [5, 5.41) is 8.26. The topological polar surface area (TPSA) is 42.7 Å². The van der Waals surface area contributed by atoms with Gasteiger partial charge in [-0.3, -0.25) is 4.98 Å². The molecule has 4 nitrogen and oxygen atoms in total. The van der Waals surface area contributed by atoms with Crippen LogP contribution in [-0.2, 0) is 19.4 Å². The molecule has 0 saturated heterocycles. The molecule has 21 heavy (non-hydrogen) atoms. The Bertz CT molecular complexity index is 593. The van der Waals surface area contributed by atoms with Gasteiger partial charge in [0.25, 0.3) is 0 Å². The number of pyridine rings is 1. The van der Waals surface area contributed by atoms with Crippen LogP contribution < -0.4 is 5.32 Å². The molecule has 0 fully saturated rings. The fraction of sp³-hybridized carbons (Fsp3) is 0.529. The Balaban J connectivity index is 2.37. The maximum Gasteiger partial charge on any atom is 0.0876 e. The van der Waals surface area contributed by atoms with Crippen LogP contribution in [0.1, 0.15) is 51.6 Å². The summed E-state index contributed by atoms with van der Waals surface area (Å²) in [5.74, 6) is 0. The van der Waals surface area contributed by atoms with E-state index in [2.05, 4.69) is 57.1 Å². The molecule has 0 aliphatic carbocycles. The van der Waals surface area contributed by atoms with Gasteiger partial charge < -0.3 is 5.32 Å². The van der Waals surface area contributed by atoms with Crippen molar-refractivity contribution in [1.82, 2.24) is 20.1 Å². The number of rotatable bonds is 5. The van der Waals surface area contributed by atoms with E-state index in [1.165, 1.54) is 11.3 Å². The molecule has 0 radical (unpaired) electrons. The first-order chi connectivity index (χ1) is 9.94. The van der Waals surface area contributed by atoms with Gasteiger partial charge in [0.2, 0.25) is 0 Å². The average Bonchev–Trinajstić information content (AvgIpc) is 2.88. The Labute approximate surface area is 127 Å². The zero-order chi connectivity index (χ0) is 15.5. The summed E-state index contributed by atoms with van der Waals surface area (Å²) < 4.78 is 2.05. The van der Waals surface area contributed by atoms with E-state index in [4.69, 9.17) is 5.10 Å². The lowest BCUT2D eigenvalue weighted by Gasteiger charge is -2.21. The van der Waals surface area contributed by atoms with Gasteiger partial charge in [0.1, 0.15) is 0 Å². The van der Waals surface area contributed by atoms with Crippen molar-refractivity contribution in [2.75, 3.05) is 0 Å². The van der Waals surface area contributed by atoms with Gasteiger partial charge in [-0.25, -0.2) is 4.68 Å². The van der Waals surface area contributed by atoms with E-state index in [-0.39, 0.29) is 5.54 Å². The van der Waals surface area contributed by atoms with Crippen LogP contribution in [0.25, 0.3) is 5.69 Å². The third-order valence-electron chi connectivity index (χ3n) is 3.48. The molecule has 0 atom stereocenters. The normalized spacial score (nSPS) is 11.9. The van der Waals surface area contributed by atoms with Gasteiger partial charge in [-0.15, -0.1) is 0 Å². The van der Waals surface area contributed by atoms with E-state index >= 15 is 0 Å². The van der Waals surface area contributed by atoms with E-state index in [9.17, 15) is 0 Å². The minimum atomic E-state index is 0.0901. The molecular formula is C17H26N4. The Morgan fingerprint density at radius 3 is 2.57 bits per heavy atom. The Hall–Kier alpha value is -1.68. The Morgan fingerprint density at radius 1 is 1.19 bits per heavy atom. The first-order valence-electron chi connectivity index (χ1n) is 7.70. The first-order valence-corrected chi connectivity index (χ1v) is 7.70. The molecule has 0 bridgehead atoms. The van der Waals surface area contributed by atoms with Crippen LogP contribution >= 0.6 is 0 Å². The molecule has 2 aromatic heterocycles. The molecule has 2 rings (SSSR count). The summed E-state index contributed by atoms with van der Waals surface area (Å²) in [6.45, 7) is 11.6. The molecule has 0 aliphatic heterocycles. The predicted octanol–water partition coefficient (Wildman–Crippen LogP) is 3.28. The number of aromatic nitrogens is 3. The Morgan fingerprint density at radius 2 is 1.95 bits per heavy atom. The van der Waals surface area contributed by atoms with Gasteiger partial charge in [-0.2, -0.15) is 5.10 Å². The predicted molar refractivity (Wildman–Crippen MR) is 86.7 cm³/mol. The highest BCUT2D eigenvalue weighted by atomic mass is 15.3. The van der Waals surface area contributed by atoms with E-state index in [1.807, 2.05) is 17.1 Å². The van der Waals surface area contributed by atoms with Crippen LogP contribution in [-0.4, -0.2) is 20.3 Å². The SMILES string of the molecule is CCc1cc(CC)n(-c2cnccc2CNC(C)(C)C)n1. The van der Waals surface area contributed by atoms with E-state index in [0.717, 1.165) is 30.8 Å². The molecular weight excluding hydrogens is 260 g/mol. The highest BCUT2D eigenvalue weighted by Crippen LogP contribution is 2.18. The number of hydrogen-bond acceptors (Lipinski definition) is 3.